The molecule has 5 aliphatic heterocycles. The van der Waals surface area contributed by atoms with Crippen LogP contribution in [0.2, 0.25) is 0 Å². The van der Waals surface area contributed by atoms with Gasteiger partial charge in [0.25, 0.3) is 0 Å². The van der Waals surface area contributed by atoms with Crippen LogP contribution in [0.25, 0.3) is 32.9 Å². The zero-order chi connectivity index (χ0) is 31.3. The van der Waals surface area contributed by atoms with Crippen LogP contribution < -0.4 is 19.7 Å². The number of anilines is 1. The first-order chi connectivity index (χ1) is 22.3. The Balaban J connectivity index is 1.24. The predicted octanol–water partition coefficient (Wildman–Crippen LogP) is 5.05. The monoisotopic (exact) mass is 632 g/mol. The Hall–Kier alpha value is -3.90. The minimum absolute atomic E-state index is 0.0145. The summed E-state index contributed by atoms with van der Waals surface area (Å²) in [4.78, 5) is 18.6. The number of phenols is 1. The summed E-state index contributed by atoms with van der Waals surface area (Å²) in [5.74, 6) is -0.568. The molecule has 0 unspecified atom stereocenters. The van der Waals surface area contributed by atoms with Gasteiger partial charge < -0.3 is 24.8 Å². The third-order valence-electron chi connectivity index (χ3n) is 10.9. The molecular formula is C34H35F3N6O3. The molecule has 0 saturated carbocycles. The second-order valence-electron chi connectivity index (χ2n) is 13.5. The number of aryl methyl sites for hydroxylation is 1. The first-order valence-electron chi connectivity index (χ1n) is 16.3. The predicted molar refractivity (Wildman–Crippen MR) is 166 cm³/mol. The summed E-state index contributed by atoms with van der Waals surface area (Å²) >= 11 is 0. The SMILES string of the molecule is CCc1c(F)ccc2cc(O)cc(-c3nc4c5c(nc(OC[C@]67CCCN6C[C@@H](F)C7)nc5c3F)N3C[C@H]5CC[C@H](N5)[C@H]3CO4)c12. The Bertz CT molecular complexity index is 1910. The average molecular weight is 633 g/mol. The Morgan fingerprint density at radius 3 is 2.89 bits per heavy atom. The highest BCUT2D eigenvalue weighted by atomic mass is 19.1. The highest BCUT2D eigenvalue weighted by molar-refractivity contribution is 6.03. The zero-order valence-electron chi connectivity index (χ0n) is 25.5. The van der Waals surface area contributed by atoms with Gasteiger partial charge >= 0.3 is 6.01 Å². The number of phenolic OH excluding ortho intramolecular Hbond substituents is 1. The molecule has 0 spiro atoms. The summed E-state index contributed by atoms with van der Waals surface area (Å²) in [5.41, 5.74) is 0.0926. The molecule has 5 aliphatic rings. The lowest BCUT2D eigenvalue weighted by Crippen LogP contribution is -2.60. The second kappa shape index (κ2) is 10.3. The Morgan fingerprint density at radius 1 is 1.13 bits per heavy atom. The van der Waals surface area contributed by atoms with Crippen molar-refractivity contribution < 1.29 is 27.8 Å². The topological polar surface area (TPSA) is 95.9 Å². The number of hydrogen-bond acceptors (Lipinski definition) is 9. The summed E-state index contributed by atoms with van der Waals surface area (Å²) in [6.45, 7) is 4.21. The molecule has 12 heteroatoms. The largest absolute Gasteiger partial charge is 0.508 e. The number of piperazine rings is 1. The summed E-state index contributed by atoms with van der Waals surface area (Å²) < 4.78 is 59.3. The van der Waals surface area contributed by atoms with Gasteiger partial charge in [-0.05, 0) is 73.2 Å². The standard InChI is InChI=1S/C34H35F3N6O3/c1-2-21-23(36)6-4-17-10-20(44)11-22(26(17)21)29-28(37)30-27-31(43-14-19-5-7-24(38-19)25(43)15-45-32(27)39-29)41-33(40-30)46-16-34-8-3-9-42(34)13-18(35)12-34/h4,6,10-11,18-19,24-25,38,44H,2-3,5,7-9,12-16H2,1H3/t18-,19+,24-,25+,34+/m0/s1. The zero-order valence-corrected chi connectivity index (χ0v) is 25.5. The Labute approximate surface area is 263 Å². The highest BCUT2D eigenvalue weighted by Crippen LogP contribution is 2.45. The lowest BCUT2D eigenvalue weighted by Gasteiger charge is -2.40. The molecule has 7 heterocycles. The van der Waals surface area contributed by atoms with Gasteiger partial charge in [-0.15, -0.1) is 0 Å². The van der Waals surface area contributed by atoms with Crippen molar-refractivity contribution in [1.29, 1.82) is 0 Å². The molecule has 0 aliphatic carbocycles. The maximum Gasteiger partial charge on any atom is 0.319 e. The molecule has 9 rings (SSSR count). The van der Waals surface area contributed by atoms with E-state index in [2.05, 4.69) is 20.1 Å². The molecule has 0 amide bonds. The lowest BCUT2D eigenvalue weighted by atomic mass is 9.94. The first kappa shape index (κ1) is 28.3. The van der Waals surface area contributed by atoms with Gasteiger partial charge in [0, 0.05) is 37.2 Å². The van der Waals surface area contributed by atoms with Crippen molar-refractivity contribution in [2.45, 2.75) is 75.3 Å². The third-order valence-corrected chi connectivity index (χ3v) is 10.9. The van der Waals surface area contributed by atoms with Gasteiger partial charge in [-0.3, -0.25) is 4.90 Å². The van der Waals surface area contributed by atoms with Gasteiger partial charge in [0.15, 0.2) is 5.82 Å². The van der Waals surface area contributed by atoms with Gasteiger partial charge in [0.05, 0.1) is 11.6 Å². The maximum absolute atomic E-state index is 17.1. The molecule has 4 fully saturated rings. The number of rotatable bonds is 5. The van der Waals surface area contributed by atoms with Gasteiger partial charge in [0.2, 0.25) is 5.88 Å². The number of alkyl halides is 1. The van der Waals surface area contributed by atoms with Crippen LogP contribution in [0.5, 0.6) is 17.6 Å². The van der Waals surface area contributed by atoms with Crippen LogP contribution in [0.3, 0.4) is 0 Å². The summed E-state index contributed by atoms with van der Waals surface area (Å²) in [7, 11) is 0. The second-order valence-corrected chi connectivity index (χ2v) is 13.5. The summed E-state index contributed by atoms with van der Waals surface area (Å²) in [6.07, 6.45) is 3.62. The fourth-order valence-electron chi connectivity index (χ4n) is 8.84. The first-order valence-corrected chi connectivity index (χ1v) is 16.3. The Morgan fingerprint density at radius 2 is 2.02 bits per heavy atom. The van der Waals surface area contributed by atoms with Crippen LogP contribution in [-0.2, 0) is 6.42 Å². The average Bonchev–Trinajstić information content (AvgIpc) is 3.68. The molecule has 4 aromatic rings. The molecule has 2 aromatic carbocycles. The van der Waals surface area contributed by atoms with Gasteiger partial charge in [-0.1, -0.05) is 13.0 Å². The van der Waals surface area contributed by atoms with E-state index in [1.54, 1.807) is 6.07 Å². The minimum Gasteiger partial charge on any atom is -0.508 e. The van der Waals surface area contributed by atoms with Crippen LogP contribution >= 0.6 is 0 Å². The van der Waals surface area contributed by atoms with Crippen molar-refractivity contribution in [3.63, 3.8) is 0 Å². The highest BCUT2D eigenvalue weighted by Gasteiger charge is 2.50. The van der Waals surface area contributed by atoms with Crippen LogP contribution in [0.15, 0.2) is 24.3 Å². The van der Waals surface area contributed by atoms with E-state index >= 15 is 8.78 Å². The maximum atomic E-state index is 17.1. The molecule has 46 heavy (non-hydrogen) atoms. The summed E-state index contributed by atoms with van der Waals surface area (Å²) in [6, 6.07) is 6.25. The van der Waals surface area contributed by atoms with E-state index in [-0.39, 0.29) is 59.1 Å². The number of benzene rings is 2. The number of aromatic nitrogens is 3. The normalized spacial score (nSPS) is 28.4. The molecule has 2 aromatic heterocycles. The van der Waals surface area contributed by atoms with Crippen LogP contribution in [-0.4, -0.2) is 87.6 Å². The molecule has 4 saturated heterocycles. The molecule has 240 valence electrons. The fourth-order valence-corrected chi connectivity index (χ4v) is 8.84. The van der Waals surface area contributed by atoms with E-state index in [9.17, 15) is 9.50 Å². The molecule has 2 bridgehead atoms. The molecule has 5 atom stereocenters. The number of nitrogens with one attached hydrogen (secondary N) is 1. The van der Waals surface area contributed by atoms with Crippen LogP contribution in [0.4, 0.5) is 19.0 Å². The number of hydrogen-bond donors (Lipinski definition) is 2. The van der Waals surface area contributed by atoms with Crippen molar-refractivity contribution in [3.05, 3.63) is 41.5 Å². The lowest BCUT2D eigenvalue weighted by molar-refractivity contribution is 0.107. The third kappa shape index (κ3) is 4.18. The fraction of sp³-hybridized carbons (Fsp3) is 0.500. The smallest absolute Gasteiger partial charge is 0.319 e. The van der Waals surface area contributed by atoms with Crippen LogP contribution in [0, 0.1) is 11.6 Å². The van der Waals surface area contributed by atoms with Crippen molar-refractivity contribution in [1.82, 2.24) is 25.2 Å². The number of halogens is 3. The quantitative estimate of drug-likeness (QED) is 0.314. The van der Waals surface area contributed by atoms with Crippen LogP contribution in [0.1, 0.15) is 44.6 Å². The van der Waals surface area contributed by atoms with Gasteiger partial charge in [0.1, 0.15) is 53.4 Å². The van der Waals surface area contributed by atoms with E-state index < -0.39 is 23.3 Å². The van der Waals surface area contributed by atoms with Crippen molar-refractivity contribution in [2.24, 2.45) is 0 Å². The van der Waals surface area contributed by atoms with Crippen molar-refractivity contribution in [2.75, 3.05) is 37.7 Å². The number of aromatic hydroxyl groups is 1. The number of fused-ring (bicyclic) bond motifs is 7. The van der Waals surface area contributed by atoms with Gasteiger partial charge in [-0.25, -0.2) is 18.2 Å². The van der Waals surface area contributed by atoms with E-state index in [1.165, 1.54) is 18.2 Å². The number of pyridine rings is 1. The molecule has 0 radical (unpaired) electrons. The molecule has 2 N–H and O–H groups in total. The van der Waals surface area contributed by atoms with E-state index in [0.29, 0.717) is 60.1 Å². The van der Waals surface area contributed by atoms with Crippen molar-refractivity contribution >= 4 is 27.5 Å². The van der Waals surface area contributed by atoms with E-state index in [1.807, 2.05) is 6.92 Å². The number of nitrogens with zero attached hydrogens (tertiary/aromatic N) is 5. The minimum atomic E-state index is -0.913. The van der Waals surface area contributed by atoms with Crippen molar-refractivity contribution in [3.8, 4) is 28.9 Å². The van der Waals surface area contributed by atoms with Gasteiger partial charge in [-0.2, -0.15) is 9.97 Å². The van der Waals surface area contributed by atoms with E-state index in [0.717, 1.165) is 32.2 Å². The molecular weight excluding hydrogens is 597 g/mol. The van der Waals surface area contributed by atoms with E-state index in [4.69, 9.17) is 19.4 Å². The summed E-state index contributed by atoms with van der Waals surface area (Å²) in [5, 5.41) is 15.8. The Kier molecular flexibility index (Phi) is 6.34. The molecule has 9 nitrogen and oxygen atoms in total. The number of ether oxygens (including phenoxy) is 2.